The third-order valence-corrected chi connectivity index (χ3v) is 10.6. The van der Waals surface area contributed by atoms with Gasteiger partial charge in [0, 0.05) is 48.4 Å². The Hall–Kier alpha value is -2.90. The summed E-state index contributed by atoms with van der Waals surface area (Å²) in [5.41, 5.74) is 13.0. The van der Waals surface area contributed by atoms with Crippen LogP contribution in [0.25, 0.3) is 0 Å². The number of rotatable bonds is 14. The van der Waals surface area contributed by atoms with Gasteiger partial charge in [-0.3, -0.25) is 0 Å². The zero-order chi connectivity index (χ0) is 32.4. The fourth-order valence-corrected chi connectivity index (χ4v) is 7.71. The van der Waals surface area contributed by atoms with Gasteiger partial charge in [-0.1, -0.05) is 76.2 Å². The second kappa shape index (κ2) is 12.0. The molecule has 0 bridgehead atoms. The Morgan fingerprint density at radius 2 is 0.783 bits per heavy atom. The third kappa shape index (κ3) is 6.60. The van der Waals surface area contributed by atoms with Gasteiger partial charge in [0.15, 0.2) is 0 Å². The largest absolute Gasteiger partial charge is 0.371 e. The maximum atomic E-state index is 5.63. The number of anilines is 2. The first-order valence-corrected chi connectivity index (χ1v) is 17.2. The van der Waals surface area contributed by atoms with Gasteiger partial charge in [-0.15, -0.1) is 0 Å². The number of aryl methyl sites for hydroxylation is 4. The topological polar surface area (TPSA) is 56.6 Å². The summed E-state index contributed by atoms with van der Waals surface area (Å²) in [5.74, 6) is 0. The molecule has 4 unspecified atom stereocenters. The highest BCUT2D eigenvalue weighted by Gasteiger charge is 2.37. The Labute approximate surface area is 276 Å². The Morgan fingerprint density at radius 3 is 1.02 bits per heavy atom. The number of hydrogen-bond acceptors (Lipinski definition) is 6. The fraction of sp³-hybridized carbons (Fsp3) is 0.550. The summed E-state index contributed by atoms with van der Waals surface area (Å²) in [4.78, 5) is 5.00. The minimum absolute atomic E-state index is 0.193. The van der Waals surface area contributed by atoms with Crippen molar-refractivity contribution in [3.63, 3.8) is 0 Å². The van der Waals surface area contributed by atoms with Gasteiger partial charge in [-0.05, 0) is 72.2 Å². The number of ether oxygens (including phenoxy) is 4. The average Bonchev–Trinajstić information content (AvgIpc) is 3.80. The monoisotopic (exact) mass is 624 g/mol. The quantitative estimate of drug-likeness (QED) is 0.184. The molecular formula is C40H52N2O4. The molecule has 4 saturated heterocycles. The van der Waals surface area contributed by atoms with E-state index in [0.29, 0.717) is 24.4 Å². The van der Waals surface area contributed by atoms with Gasteiger partial charge in [0.05, 0.1) is 50.8 Å². The van der Waals surface area contributed by atoms with Crippen molar-refractivity contribution < 1.29 is 18.9 Å². The SMILES string of the molecule is Cc1cc(C(C)(C)c2ccccc2C(C)(C)c2cc(C)c(N(CC3CO3)CC3CO3)c(C)c2)cc(C)c1N(CC1CO1)CC1CO1. The Kier molecular flexibility index (Phi) is 8.24. The minimum Gasteiger partial charge on any atom is -0.371 e. The van der Waals surface area contributed by atoms with Crippen LogP contribution in [0, 0.1) is 27.7 Å². The molecule has 6 nitrogen and oxygen atoms in total. The van der Waals surface area contributed by atoms with Crippen LogP contribution < -0.4 is 9.80 Å². The molecule has 6 heteroatoms. The summed E-state index contributed by atoms with van der Waals surface area (Å²) in [6.07, 6.45) is 1.36. The molecule has 4 aliphatic rings. The highest BCUT2D eigenvalue weighted by Crippen LogP contribution is 2.44. The summed E-state index contributed by atoms with van der Waals surface area (Å²) in [6.45, 7) is 25.8. The second-order valence-electron chi connectivity index (χ2n) is 15.3. The van der Waals surface area contributed by atoms with Crippen LogP contribution in [0.5, 0.6) is 0 Å². The smallest absolute Gasteiger partial charge is 0.0984 e. The van der Waals surface area contributed by atoms with Crippen LogP contribution in [0.2, 0.25) is 0 Å². The first-order chi connectivity index (χ1) is 21.9. The van der Waals surface area contributed by atoms with Crippen molar-refractivity contribution in [2.75, 3.05) is 62.4 Å². The normalized spacial score (nSPS) is 23.3. The molecule has 0 spiro atoms. The predicted molar refractivity (Wildman–Crippen MR) is 186 cm³/mol. The first-order valence-electron chi connectivity index (χ1n) is 17.2. The van der Waals surface area contributed by atoms with Gasteiger partial charge in [0.2, 0.25) is 0 Å². The van der Waals surface area contributed by atoms with Crippen molar-refractivity contribution in [2.45, 2.75) is 90.6 Å². The molecule has 0 amide bonds. The highest BCUT2D eigenvalue weighted by atomic mass is 16.6. The van der Waals surface area contributed by atoms with E-state index in [-0.39, 0.29) is 10.8 Å². The van der Waals surface area contributed by atoms with E-state index in [9.17, 15) is 0 Å². The van der Waals surface area contributed by atoms with Crippen molar-refractivity contribution in [2.24, 2.45) is 0 Å². The van der Waals surface area contributed by atoms with Crippen LogP contribution in [0.1, 0.15) is 72.2 Å². The standard InChI is InChI=1S/C40H52N2O4/c1-25-13-29(14-26(2)37(25)41(17-31-21-43-31)18-32-22-44-32)39(5,6)35-11-9-10-12-36(35)40(7,8)30-15-27(3)38(28(4)16-30)42(19-33-23-45-33)20-34-24-46-34/h9-16,31-34H,17-24H2,1-8H3. The summed E-state index contributed by atoms with van der Waals surface area (Å²) >= 11 is 0. The summed E-state index contributed by atoms with van der Waals surface area (Å²) < 4.78 is 22.5. The summed E-state index contributed by atoms with van der Waals surface area (Å²) in [7, 11) is 0. The molecule has 3 aromatic carbocycles. The van der Waals surface area contributed by atoms with E-state index in [1.165, 1.54) is 55.9 Å². The van der Waals surface area contributed by atoms with E-state index in [2.05, 4.69) is 114 Å². The lowest BCUT2D eigenvalue weighted by Gasteiger charge is -2.37. The van der Waals surface area contributed by atoms with Crippen molar-refractivity contribution in [1.29, 1.82) is 0 Å². The van der Waals surface area contributed by atoms with E-state index >= 15 is 0 Å². The molecule has 0 aliphatic carbocycles. The van der Waals surface area contributed by atoms with Crippen LogP contribution in [0.15, 0.2) is 48.5 Å². The molecule has 4 aliphatic heterocycles. The maximum absolute atomic E-state index is 5.63. The van der Waals surface area contributed by atoms with Crippen molar-refractivity contribution in [1.82, 2.24) is 0 Å². The van der Waals surface area contributed by atoms with E-state index in [1.54, 1.807) is 0 Å². The molecule has 0 aromatic heterocycles. The lowest BCUT2D eigenvalue weighted by molar-refractivity contribution is 0.388. The molecule has 0 radical (unpaired) electrons. The highest BCUT2D eigenvalue weighted by molar-refractivity contribution is 5.64. The molecule has 246 valence electrons. The molecule has 0 N–H and O–H groups in total. The van der Waals surface area contributed by atoms with Gasteiger partial charge in [0.1, 0.15) is 0 Å². The molecule has 4 atom stereocenters. The third-order valence-electron chi connectivity index (χ3n) is 10.6. The maximum Gasteiger partial charge on any atom is 0.0984 e. The first kappa shape index (κ1) is 31.7. The number of nitrogens with zero attached hydrogens (tertiary/aromatic N) is 2. The number of hydrogen-bond donors (Lipinski definition) is 0. The number of benzene rings is 3. The lowest BCUT2D eigenvalue weighted by Crippen LogP contribution is -2.33. The van der Waals surface area contributed by atoms with Crippen LogP contribution in [-0.4, -0.2) is 77.0 Å². The summed E-state index contributed by atoms with van der Waals surface area (Å²) in [5, 5.41) is 0. The molecular weight excluding hydrogens is 572 g/mol. The van der Waals surface area contributed by atoms with Crippen LogP contribution in [0.4, 0.5) is 11.4 Å². The van der Waals surface area contributed by atoms with Gasteiger partial charge in [-0.2, -0.15) is 0 Å². The van der Waals surface area contributed by atoms with Gasteiger partial charge in [-0.25, -0.2) is 0 Å². The lowest BCUT2D eigenvalue weighted by atomic mass is 9.68. The Morgan fingerprint density at radius 1 is 0.522 bits per heavy atom. The van der Waals surface area contributed by atoms with Gasteiger partial charge >= 0.3 is 0 Å². The molecule has 4 fully saturated rings. The number of epoxide rings is 4. The van der Waals surface area contributed by atoms with E-state index < -0.39 is 0 Å². The molecule has 7 rings (SSSR count). The Balaban J connectivity index is 1.21. The zero-order valence-electron chi connectivity index (χ0n) is 29.1. The zero-order valence-corrected chi connectivity index (χ0v) is 29.1. The average molecular weight is 625 g/mol. The molecule has 3 aromatic rings. The van der Waals surface area contributed by atoms with Crippen LogP contribution in [0.3, 0.4) is 0 Å². The van der Waals surface area contributed by atoms with Crippen molar-refractivity contribution >= 4 is 11.4 Å². The predicted octanol–water partition coefficient (Wildman–Crippen LogP) is 6.78. The van der Waals surface area contributed by atoms with E-state index in [1.807, 2.05) is 0 Å². The van der Waals surface area contributed by atoms with Gasteiger partial charge < -0.3 is 28.7 Å². The minimum atomic E-state index is -0.193. The molecule has 46 heavy (non-hydrogen) atoms. The van der Waals surface area contributed by atoms with Crippen LogP contribution in [-0.2, 0) is 29.8 Å². The van der Waals surface area contributed by atoms with Crippen LogP contribution >= 0.6 is 0 Å². The molecule has 0 saturated carbocycles. The fourth-order valence-electron chi connectivity index (χ4n) is 7.71. The van der Waals surface area contributed by atoms with E-state index in [4.69, 9.17) is 18.9 Å². The Bertz CT molecular complexity index is 1400. The van der Waals surface area contributed by atoms with Gasteiger partial charge in [0.25, 0.3) is 0 Å². The van der Waals surface area contributed by atoms with Crippen molar-refractivity contribution in [3.05, 3.63) is 93.0 Å². The molecule has 4 heterocycles. The summed E-state index contributed by atoms with van der Waals surface area (Å²) in [6, 6.07) is 18.8. The van der Waals surface area contributed by atoms with Crippen molar-refractivity contribution in [3.8, 4) is 0 Å². The second-order valence-corrected chi connectivity index (χ2v) is 15.3. The van der Waals surface area contributed by atoms with E-state index in [0.717, 1.165) is 52.6 Å².